The summed E-state index contributed by atoms with van der Waals surface area (Å²) in [4.78, 5) is 15.0. The van der Waals surface area contributed by atoms with E-state index >= 15 is 0 Å². The fourth-order valence-corrected chi connectivity index (χ4v) is 1.83. The van der Waals surface area contributed by atoms with Crippen molar-refractivity contribution in [2.24, 2.45) is 0 Å². The van der Waals surface area contributed by atoms with Gasteiger partial charge < -0.3 is 14.3 Å². The Labute approximate surface area is 105 Å². The highest BCUT2D eigenvalue weighted by atomic mass is 19.3. The summed E-state index contributed by atoms with van der Waals surface area (Å²) < 4.78 is 34.4. The summed E-state index contributed by atoms with van der Waals surface area (Å²) in [5, 5.41) is 8.93. The van der Waals surface area contributed by atoms with Crippen molar-refractivity contribution in [1.82, 2.24) is 4.98 Å². The van der Waals surface area contributed by atoms with E-state index in [0.717, 1.165) is 18.9 Å². The number of aromatic nitrogens is 1. The fraction of sp³-hybridized carbons (Fsp3) is 0.333. The third kappa shape index (κ3) is 2.23. The van der Waals surface area contributed by atoms with Gasteiger partial charge in [-0.3, -0.25) is 0 Å². The van der Waals surface area contributed by atoms with Gasteiger partial charge in [0.2, 0.25) is 0 Å². The molecule has 1 saturated carbocycles. The standard InChI is InChI=1S/C12H9F2NO4/c13-12(14)19-8-4-6(11(16)17)3-7-9(8)15-10(18-7)5-1-2-5/h3-5,12H,1-2H2,(H,16,17). The lowest BCUT2D eigenvalue weighted by Gasteiger charge is -2.05. The second kappa shape index (κ2) is 4.18. The first-order valence-corrected chi connectivity index (χ1v) is 5.67. The Morgan fingerprint density at radius 2 is 2.21 bits per heavy atom. The lowest BCUT2D eigenvalue weighted by molar-refractivity contribution is -0.0489. The molecule has 7 heteroatoms. The van der Waals surface area contributed by atoms with Crippen molar-refractivity contribution in [2.75, 3.05) is 0 Å². The zero-order chi connectivity index (χ0) is 13.6. The molecule has 100 valence electrons. The Morgan fingerprint density at radius 1 is 1.47 bits per heavy atom. The molecule has 2 aromatic rings. The van der Waals surface area contributed by atoms with E-state index in [9.17, 15) is 13.6 Å². The highest BCUT2D eigenvalue weighted by Crippen LogP contribution is 2.42. The van der Waals surface area contributed by atoms with Crippen molar-refractivity contribution in [1.29, 1.82) is 0 Å². The van der Waals surface area contributed by atoms with Gasteiger partial charge in [0.05, 0.1) is 5.56 Å². The summed E-state index contributed by atoms with van der Waals surface area (Å²) >= 11 is 0. The molecule has 1 fully saturated rings. The Bertz CT molecular complexity index is 648. The summed E-state index contributed by atoms with van der Waals surface area (Å²) in [6.07, 6.45) is 1.87. The van der Waals surface area contributed by atoms with Crippen LogP contribution in [-0.4, -0.2) is 22.7 Å². The number of fused-ring (bicyclic) bond motifs is 1. The average molecular weight is 269 g/mol. The number of halogens is 2. The van der Waals surface area contributed by atoms with Crippen LogP contribution in [0.4, 0.5) is 8.78 Å². The zero-order valence-corrected chi connectivity index (χ0v) is 9.60. The number of oxazole rings is 1. The van der Waals surface area contributed by atoms with E-state index < -0.39 is 12.6 Å². The highest BCUT2D eigenvalue weighted by molar-refractivity contribution is 5.94. The summed E-state index contributed by atoms with van der Waals surface area (Å²) in [5.41, 5.74) is 0.103. The van der Waals surface area contributed by atoms with E-state index in [1.807, 2.05) is 0 Å². The van der Waals surface area contributed by atoms with Crippen LogP contribution in [0.3, 0.4) is 0 Å². The molecule has 0 aliphatic heterocycles. The normalized spacial score (nSPS) is 15.1. The van der Waals surface area contributed by atoms with Gasteiger partial charge in [0.15, 0.2) is 22.7 Å². The molecule has 0 radical (unpaired) electrons. The molecule has 1 N–H and O–H groups in total. The maximum Gasteiger partial charge on any atom is 0.387 e. The number of benzene rings is 1. The monoisotopic (exact) mass is 269 g/mol. The second-order valence-corrected chi connectivity index (χ2v) is 4.33. The molecule has 5 nitrogen and oxygen atoms in total. The first-order chi connectivity index (χ1) is 9.04. The van der Waals surface area contributed by atoms with Crippen molar-refractivity contribution >= 4 is 17.1 Å². The van der Waals surface area contributed by atoms with Crippen LogP contribution in [0.25, 0.3) is 11.1 Å². The maximum atomic E-state index is 12.3. The molecule has 0 saturated heterocycles. The minimum absolute atomic E-state index is 0.132. The maximum absolute atomic E-state index is 12.3. The van der Waals surface area contributed by atoms with Gasteiger partial charge in [-0.15, -0.1) is 0 Å². The van der Waals surface area contributed by atoms with Crippen molar-refractivity contribution in [3.05, 3.63) is 23.6 Å². The molecular weight excluding hydrogens is 260 g/mol. The van der Waals surface area contributed by atoms with E-state index in [1.54, 1.807) is 0 Å². The number of hydrogen-bond acceptors (Lipinski definition) is 4. The minimum Gasteiger partial charge on any atom is -0.478 e. The van der Waals surface area contributed by atoms with Gasteiger partial charge in [-0.05, 0) is 25.0 Å². The SMILES string of the molecule is O=C(O)c1cc(OC(F)F)c2nc(C3CC3)oc2c1. The number of ether oxygens (including phenoxy) is 1. The Morgan fingerprint density at radius 3 is 2.79 bits per heavy atom. The number of carbonyl (C=O) groups is 1. The molecule has 0 amide bonds. The third-order valence-corrected chi connectivity index (χ3v) is 2.87. The predicted octanol–water partition coefficient (Wildman–Crippen LogP) is 3.00. The van der Waals surface area contributed by atoms with E-state index in [-0.39, 0.29) is 28.3 Å². The molecule has 1 aliphatic carbocycles. The number of alkyl halides is 2. The zero-order valence-electron chi connectivity index (χ0n) is 9.60. The number of carboxylic acid groups (broad SMARTS) is 1. The summed E-state index contributed by atoms with van der Waals surface area (Å²) in [5.74, 6) is -0.886. The van der Waals surface area contributed by atoms with Crippen LogP contribution in [0, 0.1) is 0 Å². The lowest BCUT2D eigenvalue weighted by atomic mass is 10.2. The number of aromatic carboxylic acids is 1. The molecule has 0 atom stereocenters. The average Bonchev–Trinajstić information content (AvgIpc) is 3.08. The minimum atomic E-state index is -3.05. The van der Waals surface area contributed by atoms with Crippen LogP contribution in [0.2, 0.25) is 0 Å². The molecule has 3 rings (SSSR count). The van der Waals surface area contributed by atoms with Crippen LogP contribution in [-0.2, 0) is 0 Å². The Hall–Kier alpha value is -2.18. The van der Waals surface area contributed by atoms with Crippen LogP contribution in [0.5, 0.6) is 5.75 Å². The molecule has 1 heterocycles. The van der Waals surface area contributed by atoms with Gasteiger partial charge in [-0.25, -0.2) is 9.78 Å². The fourth-order valence-electron chi connectivity index (χ4n) is 1.83. The van der Waals surface area contributed by atoms with Crippen molar-refractivity contribution in [3.63, 3.8) is 0 Å². The number of nitrogens with zero attached hydrogens (tertiary/aromatic N) is 1. The Balaban J connectivity index is 2.14. The van der Waals surface area contributed by atoms with Crippen LogP contribution >= 0.6 is 0 Å². The van der Waals surface area contributed by atoms with Gasteiger partial charge in [0.1, 0.15) is 0 Å². The molecule has 1 aliphatic rings. The van der Waals surface area contributed by atoms with Gasteiger partial charge in [-0.1, -0.05) is 0 Å². The predicted molar refractivity (Wildman–Crippen MR) is 59.6 cm³/mol. The first kappa shape index (κ1) is 11.9. The lowest BCUT2D eigenvalue weighted by Crippen LogP contribution is -2.04. The topological polar surface area (TPSA) is 72.6 Å². The second-order valence-electron chi connectivity index (χ2n) is 4.33. The quantitative estimate of drug-likeness (QED) is 0.923. The molecule has 0 spiro atoms. The van der Waals surface area contributed by atoms with E-state index in [2.05, 4.69) is 9.72 Å². The van der Waals surface area contributed by atoms with Gasteiger partial charge >= 0.3 is 12.6 Å². The van der Waals surface area contributed by atoms with Crippen LogP contribution in [0.1, 0.15) is 35.0 Å². The highest BCUT2D eigenvalue weighted by Gasteiger charge is 2.30. The van der Waals surface area contributed by atoms with Crippen LogP contribution < -0.4 is 4.74 Å². The molecule has 19 heavy (non-hydrogen) atoms. The van der Waals surface area contributed by atoms with Crippen LogP contribution in [0.15, 0.2) is 16.5 Å². The van der Waals surface area contributed by atoms with E-state index in [4.69, 9.17) is 9.52 Å². The van der Waals surface area contributed by atoms with Gasteiger partial charge in [0, 0.05) is 5.92 Å². The molecule has 0 unspecified atom stereocenters. The molecule has 0 bridgehead atoms. The number of rotatable bonds is 4. The number of carboxylic acids is 1. The van der Waals surface area contributed by atoms with E-state index in [0.29, 0.717) is 5.89 Å². The summed E-state index contributed by atoms with van der Waals surface area (Å²) in [6, 6.07) is 2.28. The van der Waals surface area contributed by atoms with Gasteiger partial charge in [0.25, 0.3) is 0 Å². The van der Waals surface area contributed by atoms with E-state index in [1.165, 1.54) is 6.07 Å². The summed E-state index contributed by atoms with van der Waals surface area (Å²) in [6.45, 7) is -3.05. The summed E-state index contributed by atoms with van der Waals surface area (Å²) in [7, 11) is 0. The smallest absolute Gasteiger partial charge is 0.387 e. The third-order valence-electron chi connectivity index (χ3n) is 2.87. The molecule has 1 aromatic carbocycles. The number of hydrogen-bond donors (Lipinski definition) is 1. The molecular formula is C12H9F2NO4. The Kier molecular flexibility index (Phi) is 2.62. The van der Waals surface area contributed by atoms with Crippen molar-refractivity contribution in [3.8, 4) is 5.75 Å². The van der Waals surface area contributed by atoms with Crippen molar-refractivity contribution in [2.45, 2.75) is 25.4 Å². The van der Waals surface area contributed by atoms with Gasteiger partial charge in [-0.2, -0.15) is 8.78 Å². The van der Waals surface area contributed by atoms with Crippen molar-refractivity contribution < 1.29 is 27.8 Å². The largest absolute Gasteiger partial charge is 0.478 e. The first-order valence-electron chi connectivity index (χ1n) is 5.67. The molecule has 1 aromatic heterocycles.